The highest BCUT2D eigenvalue weighted by atomic mass is 35.5. The Morgan fingerprint density at radius 3 is 2.29 bits per heavy atom. The third-order valence-corrected chi connectivity index (χ3v) is 7.05. The van der Waals surface area contributed by atoms with Crippen molar-refractivity contribution < 1.29 is 24.2 Å². The molecule has 3 aromatic rings. The first-order valence-electron chi connectivity index (χ1n) is 12.3. The van der Waals surface area contributed by atoms with Crippen molar-refractivity contribution in [2.75, 3.05) is 14.2 Å². The Kier molecular flexibility index (Phi) is 7.56. The number of likely N-dealkylation sites (tertiary alicyclic amines) is 1. The third kappa shape index (κ3) is 5.14. The van der Waals surface area contributed by atoms with Crippen LogP contribution in [-0.4, -0.2) is 35.9 Å². The Morgan fingerprint density at radius 1 is 1.00 bits per heavy atom. The number of methoxy groups -OCH3 is 2. The lowest BCUT2D eigenvalue weighted by molar-refractivity contribution is -0.140. The lowest BCUT2D eigenvalue weighted by Crippen LogP contribution is -2.29. The summed E-state index contributed by atoms with van der Waals surface area (Å²) in [6, 6.07) is 17.7. The Morgan fingerprint density at radius 2 is 1.68 bits per heavy atom. The minimum Gasteiger partial charge on any atom is -0.507 e. The molecule has 1 aliphatic heterocycles. The van der Waals surface area contributed by atoms with Crippen LogP contribution in [0.25, 0.3) is 5.76 Å². The molecule has 38 heavy (non-hydrogen) atoms. The number of halogens is 1. The molecule has 1 N–H and O–H groups in total. The molecule has 1 amide bonds. The van der Waals surface area contributed by atoms with Crippen LogP contribution in [0.2, 0.25) is 5.02 Å². The van der Waals surface area contributed by atoms with E-state index in [1.54, 1.807) is 19.2 Å². The number of carbonyl (C=O) groups excluding carboxylic acids is 2. The van der Waals surface area contributed by atoms with Crippen molar-refractivity contribution >= 4 is 29.1 Å². The zero-order valence-corrected chi connectivity index (χ0v) is 23.2. The van der Waals surface area contributed by atoms with Crippen LogP contribution in [0.5, 0.6) is 11.5 Å². The highest BCUT2D eigenvalue weighted by molar-refractivity contribution is 6.46. The summed E-state index contributed by atoms with van der Waals surface area (Å²) in [7, 11) is 3.01. The predicted molar refractivity (Wildman–Crippen MR) is 149 cm³/mol. The minimum absolute atomic E-state index is 0.0126. The Hall–Kier alpha value is -3.77. The summed E-state index contributed by atoms with van der Waals surface area (Å²) < 4.78 is 10.8. The topological polar surface area (TPSA) is 76.1 Å². The standard InChI is InChI=1S/C31H32ClNO5/c1-18-14-23(29(38-6)24(32)15-18)27(34)25-26(20-10-12-21(13-11-20)31(2,3)4)33(30(36)28(25)35)17-19-8-7-9-22(16-19)37-5/h7-16,26,34H,17H2,1-6H3/b27-25+. The van der Waals surface area contributed by atoms with Gasteiger partial charge in [0.2, 0.25) is 0 Å². The molecule has 1 unspecified atom stereocenters. The second-order valence-electron chi connectivity index (χ2n) is 10.5. The Labute approximate surface area is 228 Å². The first-order valence-corrected chi connectivity index (χ1v) is 12.7. The number of hydrogen-bond acceptors (Lipinski definition) is 5. The number of carbonyl (C=O) groups is 2. The van der Waals surface area contributed by atoms with Crippen LogP contribution in [-0.2, 0) is 21.5 Å². The zero-order chi connectivity index (χ0) is 27.8. The quantitative estimate of drug-likeness (QED) is 0.220. The lowest BCUT2D eigenvalue weighted by atomic mass is 9.85. The van der Waals surface area contributed by atoms with Gasteiger partial charge in [-0.15, -0.1) is 0 Å². The van der Waals surface area contributed by atoms with E-state index < -0.39 is 17.7 Å². The molecule has 0 spiro atoms. The number of Topliss-reactive ketones (excluding diaryl/α,β-unsaturated/α-hetero) is 1. The first-order chi connectivity index (χ1) is 18.0. The van der Waals surface area contributed by atoms with Gasteiger partial charge in [0.05, 0.1) is 36.4 Å². The van der Waals surface area contributed by atoms with Crippen molar-refractivity contribution in [2.45, 2.75) is 45.7 Å². The van der Waals surface area contributed by atoms with E-state index in [9.17, 15) is 14.7 Å². The number of amides is 1. The van der Waals surface area contributed by atoms with Gasteiger partial charge in [0, 0.05) is 6.54 Å². The number of aryl methyl sites for hydroxylation is 1. The van der Waals surface area contributed by atoms with Crippen molar-refractivity contribution in [1.29, 1.82) is 0 Å². The zero-order valence-electron chi connectivity index (χ0n) is 22.5. The average molecular weight is 534 g/mol. The van der Waals surface area contributed by atoms with Gasteiger partial charge in [-0.25, -0.2) is 0 Å². The van der Waals surface area contributed by atoms with E-state index in [0.717, 1.165) is 16.7 Å². The van der Waals surface area contributed by atoms with Crippen molar-refractivity contribution in [3.8, 4) is 11.5 Å². The van der Waals surface area contributed by atoms with Gasteiger partial charge in [-0.3, -0.25) is 9.59 Å². The van der Waals surface area contributed by atoms with Gasteiger partial charge >= 0.3 is 0 Å². The van der Waals surface area contributed by atoms with Gasteiger partial charge in [0.15, 0.2) is 0 Å². The van der Waals surface area contributed by atoms with E-state index >= 15 is 0 Å². The Balaban J connectivity index is 1.92. The molecule has 1 aliphatic rings. The molecule has 0 radical (unpaired) electrons. The van der Waals surface area contributed by atoms with Crippen molar-refractivity contribution in [3.63, 3.8) is 0 Å². The van der Waals surface area contributed by atoms with Crippen LogP contribution in [0, 0.1) is 6.92 Å². The third-order valence-electron chi connectivity index (χ3n) is 6.77. The van der Waals surface area contributed by atoms with Crippen LogP contribution < -0.4 is 9.47 Å². The van der Waals surface area contributed by atoms with E-state index in [0.29, 0.717) is 16.3 Å². The number of aliphatic hydroxyl groups excluding tert-OH is 1. The van der Waals surface area contributed by atoms with Crippen LogP contribution >= 0.6 is 11.6 Å². The molecule has 0 aromatic heterocycles. The number of benzene rings is 3. The summed E-state index contributed by atoms with van der Waals surface area (Å²) >= 11 is 6.40. The molecule has 7 heteroatoms. The molecule has 1 saturated heterocycles. The van der Waals surface area contributed by atoms with E-state index in [1.807, 2.05) is 55.5 Å². The molecule has 4 rings (SSSR count). The highest BCUT2D eigenvalue weighted by Gasteiger charge is 2.46. The molecule has 0 aliphatic carbocycles. The molecular weight excluding hydrogens is 502 g/mol. The van der Waals surface area contributed by atoms with Crippen LogP contribution in [0.4, 0.5) is 0 Å². The minimum atomic E-state index is -0.820. The largest absolute Gasteiger partial charge is 0.507 e. The van der Waals surface area contributed by atoms with Gasteiger partial charge < -0.3 is 19.5 Å². The van der Waals surface area contributed by atoms with Crippen LogP contribution in [0.3, 0.4) is 0 Å². The molecular formula is C31H32ClNO5. The summed E-state index contributed by atoms with van der Waals surface area (Å²) in [5, 5.41) is 11.9. The van der Waals surface area contributed by atoms with E-state index in [4.69, 9.17) is 21.1 Å². The fraction of sp³-hybridized carbons (Fsp3) is 0.290. The van der Waals surface area contributed by atoms with Gasteiger partial charge in [0.1, 0.15) is 17.3 Å². The molecule has 198 valence electrons. The number of aliphatic hydroxyl groups is 1. The molecule has 0 bridgehead atoms. The monoisotopic (exact) mass is 533 g/mol. The first kappa shape index (κ1) is 27.3. The number of hydrogen-bond donors (Lipinski definition) is 1. The van der Waals surface area contributed by atoms with Gasteiger partial charge in [0.25, 0.3) is 11.7 Å². The summed E-state index contributed by atoms with van der Waals surface area (Å²) in [6.07, 6.45) is 0. The molecule has 1 atom stereocenters. The van der Waals surface area contributed by atoms with Crippen LogP contribution in [0.1, 0.15) is 54.6 Å². The molecule has 0 saturated carbocycles. The van der Waals surface area contributed by atoms with Gasteiger partial charge in [-0.05, 0) is 58.9 Å². The maximum atomic E-state index is 13.5. The lowest BCUT2D eigenvalue weighted by Gasteiger charge is -2.27. The summed E-state index contributed by atoms with van der Waals surface area (Å²) in [4.78, 5) is 28.5. The summed E-state index contributed by atoms with van der Waals surface area (Å²) in [5.74, 6) is -0.921. The SMILES string of the molecule is COc1cccc(CN2C(=O)C(=O)/C(=C(/O)c3cc(C)cc(Cl)c3OC)C2c2ccc(C(C)(C)C)cc2)c1. The average Bonchev–Trinajstić information content (AvgIpc) is 3.12. The van der Waals surface area contributed by atoms with Gasteiger partial charge in [-0.2, -0.15) is 0 Å². The summed E-state index contributed by atoms with van der Waals surface area (Å²) in [5.41, 5.74) is 3.55. The molecule has 1 fully saturated rings. The number of rotatable bonds is 6. The molecule has 6 nitrogen and oxygen atoms in total. The normalized spacial score (nSPS) is 17.1. The van der Waals surface area contributed by atoms with E-state index in [1.165, 1.54) is 12.0 Å². The molecule has 1 heterocycles. The van der Waals surface area contributed by atoms with Crippen molar-refractivity contribution in [1.82, 2.24) is 4.90 Å². The number of ether oxygens (including phenoxy) is 2. The van der Waals surface area contributed by atoms with E-state index in [2.05, 4.69) is 20.8 Å². The predicted octanol–water partition coefficient (Wildman–Crippen LogP) is 6.59. The fourth-order valence-electron chi connectivity index (χ4n) is 4.78. The fourth-order valence-corrected chi connectivity index (χ4v) is 5.13. The highest BCUT2D eigenvalue weighted by Crippen LogP contribution is 2.43. The maximum Gasteiger partial charge on any atom is 0.295 e. The Bertz CT molecular complexity index is 1420. The smallest absolute Gasteiger partial charge is 0.295 e. The number of nitrogens with zero attached hydrogens (tertiary/aromatic N) is 1. The van der Waals surface area contributed by atoms with Crippen LogP contribution in [0.15, 0.2) is 66.2 Å². The second kappa shape index (κ2) is 10.5. The second-order valence-corrected chi connectivity index (χ2v) is 10.9. The number of ketones is 1. The van der Waals surface area contributed by atoms with Gasteiger partial charge in [-0.1, -0.05) is 68.8 Å². The van der Waals surface area contributed by atoms with E-state index in [-0.39, 0.29) is 34.6 Å². The molecule has 3 aromatic carbocycles. The van der Waals surface area contributed by atoms with Crippen molar-refractivity contribution in [2.24, 2.45) is 0 Å². The maximum absolute atomic E-state index is 13.5. The van der Waals surface area contributed by atoms with Crippen molar-refractivity contribution in [3.05, 3.63) is 99.1 Å². The summed E-state index contributed by atoms with van der Waals surface area (Å²) in [6.45, 7) is 8.32.